The van der Waals surface area contributed by atoms with E-state index in [1.54, 1.807) is 0 Å². The number of rotatable bonds is 2. The largest absolute Gasteiger partial charge is 0.416 e. The van der Waals surface area contributed by atoms with Gasteiger partial charge in [-0.15, -0.1) is 0 Å². The Morgan fingerprint density at radius 1 is 2.00 bits per heavy atom. The van der Waals surface area contributed by atoms with Crippen LogP contribution in [-0.4, -0.2) is 23.1 Å². The smallest absolute Gasteiger partial charge is 0.400 e. The zero-order chi connectivity index (χ0) is 4.83. The van der Waals surface area contributed by atoms with Crippen molar-refractivity contribution in [2.24, 2.45) is 4.66 Å². The van der Waals surface area contributed by atoms with Crippen molar-refractivity contribution in [2.75, 3.05) is 7.11 Å². The molecule has 0 saturated heterocycles. The van der Waals surface area contributed by atoms with Crippen LogP contribution < -0.4 is 0 Å². The molecule has 0 aromatic rings. The van der Waals surface area contributed by atoms with E-state index in [4.69, 9.17) is 0 Å². The molecule has 0 aromatic heterocycles. The van der Waals surface area contributed by atoms with Gasteiger partial charge in [0.15, 0.2) is 0 Å². The quantitative estimate of drug-likeness (QED) is 0.267. The summed E-state index contributed by atoms with van der Waals surface area (Å²) in [5, 5.41) is 0. The van der Waals surface area contributed by atoms with Crippen LogP contribution in [0.2, 0.25) is 0 Å². The first-order valence-corrected chi connectivity index (χ1v) is 2.12. The Hall–Kier alpha value is -0.443. The lowest BCUT2D eigenvalue weighted by atomic mass is 11.7. The second kappa shape index (κ2) is 4.56. The molecule has 0 N–H and O–H groups in total. The molecule has 0 spiro atoms. The van der Waals surface area contributed by atoms with Crippen LogP contribution in [0.5, 0.6) is 0 Å². The van der Waals surface area contributed by atoms with Crippen LogP contribution in [0, 0.1) is 0 Å². The van der Waals surface area contributed by atoms with Crippen molar-refractivity contribution < 1.29 is 9.22 Å². The number of isocyanates is 1. The van der Waals surface area contributed by atoms with Crippen molar-refractivity contribution in [2.45, 2.75) is 0 Å². The van der Waals surface area contributed by atoms with E-state index in [1.165, 1.54) is 13.2 Å². The number of hydrogen-bond acceptors (Lipinski definition) is 3. The van der Waals surface area contributed by atoms with Crippen LogP contribution in [-0.2, 0) is 9.22 Å². The van der Waals surface area contributed by atoms with Gasteiger partial charge in [0.05, 0.1) is 0 Å². The lowest BCUT2D eigenvalue weighted by Gasteiger charge is -1.73. The van der Waals surface area contributed by atoms with Gasteiger partial charge in [-0.25, -0.2) is 9.45 Å². The molecule has 2 radical (unpaired) electrons. The van der Waals surface area contributed by atoms with Gasteiger partial charge in [-0.3, -0.25) is 0 Å². The third kappa shape index (κ3) is 3.56. The van der Waals surface area contributed by atoms with Gasteiger partial charge in [-0.05, 0) is 0 Å². The van der Waals surface area contributed by atoms with Crippen molar-refractivity contribution in [3.8, 4) is 0 Å². The third-order valence-electron chi connectivity index (χ3n) is 0.183. The summed E-state index contributed by atoms with van der Waals surface area (Å²) in [6.07, 6.45) is 1.33. The topological polar surface area (TPSA) is 38.7 Å². The van der Waals surface area contributed by atoms with Gasteiger partial charge in [-0.1, -0.05) is 0 Å². The van der Waals surface area contributed by atoms with E-state index in [-0.39, 0.29) is 9.92 Å². The second-order valence-electron chi connectivity index (χ2n) is 0.499. The summed E-state index contributed by atoms with van der Waals surface area (Å²) < 4.78 is 7.47. The summed E-state index contributed by atoms with van der Waals surface area (Å²) in [6.45, 7) is 0. The van der Waals surface area contributed by atoms with E-state index in [0.29, 0.717) is 0 Å². The molecule has 0 aliphatic carbocycles. The average molecular weight is 101 g/mol. The van der Waals surface area contributed by atoms with Crippen LogP contribution in [0.25, 0.3) is 0 Å². The minimum atomic E-state index is -0.0837. The molecule has 3 nitrogen and oxygen atoms in total. The maximum atomic E-state index is 9.20. The summed E-state index contributed by atoms with van der Waals surface area (Å²) in [5.41, 5.74) is 0. The Balaban J connectivity index is 2.86. The molecule has 4 heteroatoms. The van der Waals surface area contributed by atoms with Gasteiger partial charge in [0.2, 0.25) is 6.08 Å². The number of carbonyl (C=O) groups excluding carboxylic acids is 1. The summed E-state index contributed by atoms with van der Waals surface area (Å²) in [7, 11) is 1.39. The predicted molar refractivity (Wildman–Crippen MR) is 20.9 cm³/mol. The van der Waals surface area contributed by atoms with Gasteiger partial charge < -0.3 is 4.43 Å². The highest BCUT2D eigenvalue weighted by Gasteiger charge is 1.72. The monoisotopic (exact) mass is 101 g/mol. The van der Waals surface area contributed by atoms with E-state index in [0.717, 1.165) is 0 Å². The normalized spacial score (nSPS) is 6.83. The summed E-state index contributed by atoms with van der Waals surface area (Å²) in [4.78, 5) is 9.20. The summed E-state index contributed by atoms with van der Waals surface area (Å²) in [6, 6.07) is 0. The standard InChI is InChI=1S/C2H3NO2Si/c1-5-6-3-2-4/h1H3. The first-order chi connectivity index (χ1) is 2.91. The maximum absolute atomic E-state index is 9.20. The zero-order valence-electron chi connectivity index (χ0n) is 3.26. The molecule has 0 aromatic carbocycles. The maximum Gasteiger partial charge on any atom is 0.416 e. The van der Waals surface area contributed by atoms with Gasteiger partial charge in [0.25, 0.3) is 0 Å². The first kappa shape index (κ1) is 5.56. The second-order valence-corrected chi connectivity index (χ2v) is 1.31. The number of hydrogen-bond donors (Lipinski definition) is 0. The van der Waals surface area contributed by atoms with Gasteiger partial charge in [-0.2, -0.15) is 0 Å². The minimum Gasteiger partial charge on any atom is -0.400 e. The fraction of sp³-hybridized carbons (Fsp3) is 0.500. The van der Waals surface area contributed by atoms with E-state index in [9.17, 15) is 4.79 Å². The Morgan fingerprint density at radius 2 is 2.67 bits per heavy atom. The van der Waals surface area contributed by atoms with Gasteiger partial charge in [0.1, 0.15) is 0 Å². The van der Waals surface area contributed by atoms with Crippen molar-refractivity contribution in [1.82, 2.24) is 0 Å². The van der Waals surface area contributed by atoms with E-state index >= 15 is 0 Å². The van der Waals surface area contributed by atoms with Crippen molar-refractivity contribution >= 4 is 16.0 Å². The molecular weight excluding hydrogens is 98.1 g/mol. The molecule has 0 saturated carbocycles. The molecule has 0 bridgehead atoms. The molecule has 0 amide bonds. The van der Waals surface area contributed by atoms with Crippen molar-refractivity contribution in [3.63, 3.8) is 0 Å². The molecule has 0 atom stereocenters. The molecule has 0 fully saturated rings. The minimum absolute atomic E-state index is 0.0837. The number of nitrogens with zero attached hydrogens (tertiary/aromatic N) is 1. The molecule has 0 rings (SSSR count). The Labute approximate surface area is 38.1 Å². The van der Waals surface area contributed by atoms with Crippen LogP contribution in [0.3, 0.4) is 0 Å². The molecule has 0 aliphatic rings. The molecule has 6 heavy (non-hydrogen) atoms. The van der Waals surface area contributed by atoms with Gasteiger partial charge >= 0.3 is 9.92 Å². The highest BCUT2D eigenvalue weighted by atomic mass is 28.2. The lowest BCUT2D eigenvalue weighted by molar-refractivity contribution is 0.442. The van der Waals surface area contributed by atoms with Crippen LogP contribution in [0.4, 0.5) is 0 Å². The zero-order valence-corrected chi connectivity index (χ0v) is 4.26. The fourth-order valence-electron chi connectivity index (χ4n) is 0.0643. The van der Waals surface area contributed by atoms with Crippen LogP contribution in [0.1, 0.15) is 0 Å². The van der Waals surface area contributed by atoms with Gasteiger partial charge in [0, 0.05) is 7.11 Å². The van der Waals surface area contributed by atoms with Crippen molar-refractivity contribution in [3.05, 3.63) is 0 Å². The predicted octanol–water partition coefficient (Wildman–Crippen LogP) is -0.497. The summed E-state index contributed by atoms with van der Waals surface area (Å²) in [5.74, 6) is 0. The Bertz CT molecular complexity index is 67.9. The highest BCUT2D eigenvalue weighted by Crippen LogP contribution is 1.55. The van der Waals surface area contributed by atoms with Crippen molar-refractivity contribution in [1.29, 1.82) is 0 Å². The van der Waals surface area contributed by atoms with E-state index < -0.39 is 0 Å². The summed E-state index contributed by atoms with van der Waals surface area (Å²) >= 11 is 0. The Morgan fingerprint density at radius 3 is 2.83 bits per heavy atom. The fourth-order valence-corrected chi connectivity index (χ4v) is 0.193. The van der Waals surface area contributed by atoms with Crippen LogP contribution >= 0.6 is 0 Å². The molecule has 0 heterocycles. The first-order valence-electron chi connectivity index (χ1n) is 1.26. The SMILES string of the molecule is CO[Si]N=C=O. The van der Waals surface area contributed by atoms with E-state index in [2.05, 4.69) is 9.08 Å². The van der Waals surface area contributed by atoms with E-state index in [1.807, 2.05) is 0 Å². The molecule has 32 valence electrons. The lowest BCUT2D eigenvalue weighted by Crippen LogP contribution is -1.85. The highest BCUT2D eigenvalue weighted by molar-refractivity contribution is 6.25. The third-order valence-corrected chi connectivity index (χ3v) is 0.548. The molecule has 0 unspecified atom stereocenters. The average Bonchev–Trinajstić information content (AvgIpc) is 1.61. The molecule has 0 aliphatic heterocycles. The Kier molecular flexibility index (Phi) is 4.22. The van der Waals surface area contributed by atoms with Crippen LogP contribution in [0.15, 0.2) is 4.66 Å². The molecular formula is C2H3NO2Si.